The van der Waals surface area contributed by atoms with Crippen LogP contribution in [0.4, 0.5) is 0 Å². The van der Waals surface area contributed by atoms with Crippen molar-refractivity contribution in [3.05, 3.63) is 23.3 Å². The molecule has 1 aliphatic rings. The van der Waals surface area contributed by atoms with E-state index in [0.29, 0.717) is 17.6 Å². The fourth-order valence-electron chi connectivity index (χ4n) is 3.23. The van der Waals surface area contributed by atoms with E-state index in [2.05, 4.69) is 28.9 Å². The number of fused-ring (bicyclic) bond motifs is 1. The molecule has 0 spiro atoms. The molecule has 0 bridgehead atoms. The van der Waals surface area contributed by atoms with Gasteiger partial charge in [-0.25, -0.2) is 9.50 Å². The smallest absolute Gasteiger partial charge is 0.293 e. The molecule has 112 valence electrons. The highest BCUT2D eigenvalue weighted by molar-refractivity contribution is 5.91. The van der Waals surface area contributed by atoms with Gasteiger partial charge in [-0.1, -0.05) is 13.8 Å². The molecule has 0 aliphatic carbocycles. The predicted octanol–water partition coefficient (Wildman–Crippen LogP) is 1.86. The van der Waals surface area contributed by atoms with Gasteiger partial charge in [0.25, 0.3) is 11.7 Å². The van der Waals surface area contributed by atoms with Gasteiger partial charge in [-0.15, -0.1) is 5.10 Å². The topological polar surface area (TPSA) is 63.4 Å². The second kappa shape index (κ2) is 5.09. The van der Waals surface area contributed by atoms with Gasteiger partial charge in [-0.2, -0.15) is 4.98 Å². The summed E-state index contributed by atoms with van der Waals surface area (Å²) in [5.74, 6) is 1.70. The molecule has 1 amide bonds. The normalized spacial score (nSPS) is 22.8. The van der Waals surface area contributed by atoms with Crippen molar-refractivity contribution in [3.8, 4) is 0 Å². The molecule has 2 aromatic heterocycles. The molecule has 2 unspecified atom stereocenters. The Morgan fingerprint density at radius 2 is 1.86 bits per heavy atom. The number of nitrogens with zero attached hydrogens (tertiary/aromatic N) is 5. The number of hydrogen-bond acceptors (Lipinski definition) is 4. The molecule has 2 aromatic rings. The second-order valence-corrected chi connectivity index (χ2v) is 6.34. The average Bonchev–Trinajstić information content (AvgIpc) is 2.80. The summed E-state index contributed by atoms with van der Waals surface area (Å²) in [6.07, 6.45) is 1.17. The number of piperidine rings is 1. The number of carbonyl (C=O) groups is 1. The van der Waals surface area contributed by atoms with Crippen LogP contribution in [0, 0.1) is 25.7 Å². The molecule has 1 saturated heterocycles. The van der Waals surface area contributed by atoms with Crippen LogP contribution >= 0.6 is 0 Å². The maximum atomic E-state index is 12.6. The van der Waals surface area contributed by atoms with Gasteiger partial charge in [-0.05, 0) is 38.2 Å². The number of rotatable bonds is 1. The summed E-state index contributed by atoms with van der Waals surface area (Å²) in [5, 5.41) is 4.33. The first-order valence-corrected chi connectivity index (χ1v) is 7.44. The molecule has 3 heterocycles. The van der Waals surface area contributed by atoms with Crippen molar-refractivity contribution in [1.29, 1.82) is 0 Å². The maximum Gasteiger partial charge on any atom is 0.293 e. The number of amides is 1. The molecule has 0 N–H and O–H groups in total. The van der Waals surface area contributed by atoms with Crippen molar-refractivity contribution in [2.75, 3.05) is 13.1 Å². The van der Waals surface area contributed by atoms with Crippen LogP contribution in [0.2, 0.25) is 0 Å². The van der Waals surface area contributed by atoms with Crippen molar-refractivity contribution >= 4 is 11.7 Å². The summed E-state index contributed by atoms with van der Waals surface area (Å²) >= 11 is 0. The monoisotopic (exact) mass is 287 g/mol. The molecule has 0 saturated carbocycles. The minimum absolute atomic E-state index is 0.0871. The number of aryl methyl sites for hydroxylation is 2. The summed E-state index contributed by atoms with van der Waals surface area (Å²) in [7, 11) is 0. The van der Waals surface area contributed by atoms with Gasteiger partial charge < -0.3 is 4.90 Å². The van der Waals surface area contributed by atoms with E-state index >= 15 is 0 Å². The Labute approximate surface area is 124 Å². The molecule has 6 heteroatoms. The third kappa shape index (κ3) is 2.62. The molecule has 1 aliphatic heterocycles. The van der Waals surface area contributed by atoms with Crippen molar-refractivity contribution < 1.29 is 4.79 Å². The summed E-state index contributed by atoms with van der Waals surface area (Å²) in [4.78, 5) is 23.1. The Bertz CT molecular complexity index is 683. The summed E-state index contributed by atoms with van der Waals surface area (Å²) < 4.78 is 1.64. The van der Waals surface area contributed by atoms with Crippen LogP contribution in [0.5, 0.6) is 0 Å². The van der Waals surface area contributed by atoms with Crippen LogP contribution in [0.15, 0.2) is 6.07 Å². The quantitative estimate of drug-likeness (QED) is 0.803. The molecule has 0 aromatic carbocycles. The number of carbonyl (C=O) groups excluding carboxylic acids is 1. The van der Waals surface area contributed by atoms with Crippen molar-refractivity contribution in [1.82, 2.24) is 24.5 Å². The average molecular weight is 287 g/mol. The van der Waals surface area contributed by atoms with Gasteiger partial charge in [0.05, 0.1) is 0 Å². The van der Waals surface area contributed by atoms with E-state index in [-0.39, 0.29) is 11.7 Å². The molecular formula is C15H21N5O. The van der Waals surface area contributed by atoms with Crippen molar-refractivity contribution in [3.63, 3.8) is 0 Å². The Kier molecular flexibility index (Phi) is 3.39. The summed E-state index contributed by atoms with van der Waals surface area (Å²) in [5.41, 5.74) is 1.82. The lowest BCUT2D eigenvalue weighted by Gasteiger charge is -2.34. The van der Waals surface area contributed by atoms with Crippen molar-refractivity contribution in [2.45, 2.75) is 34.1 Å². The molecule has 1 fully saturated rings. The number of aromatic nitrogens is 4. The minimum atomic E-state index is -0.0871. The zero-order valence-electron chi connectivity index (χ0n) is 13.0. The van der Waals surface area contributed by atoms with E-state index in [9.17, 15) is 4.79 Å². The lowest BCUT2D eigenvalue weighted by molar-refractivity contribution is 0.0611. The van der Waals surface area contributed by atoms with E-state index in [4.69, 9.17) is 0 Å². The van der Waals surface area contributed by atoms with Gasteiger partial charge in [-0.3, -0.25) is 4.79 Å². The zero-order valence-corrected chi connectivity index (χ0v) is 13.0. The minimum Gasteiger partial charge on any atom is -0.335 e. The Hall–Kier alpha value is -1.98. The van der Waals surface area contributed by atoms with Crippen LogP contribution < -0.4 is 0 Å². The van der Waals surface area contributed by atoms with Crippen molar-refractivity contribution in [2.24, 2.45) is 11.8 Å². The molecule has 0 radical (unpaired) electrons. The van der Waals surface area contributed by atoms with Crippen LogP contribution in [0.25, 0.3) is 5.78 Å². The highest BCUT2D eigenvalue weighted by atomic mass is 16.2. The van der Waals surface area contributed by atoms with Gasteiger partial charge >= 0.3 is 0 Å². The Balaban J connectivity index is 1.93. The fourth-order valence-corrected chi connectivity index (χ4v) is 3.23. The van der Waals surface area contributed by atoms with E-state index in [0.717, 1.165) is 24.5 Å². The van der Waals surface area contributed by atoms with Gasteiger partial charge in [0, 0.05) is 24.5 Å². The largest absolute Gasteiger partial charge is 0.335 e. The highest BCUT2D eigenvalue weighted by Gasteiger charge is 2.28. The first-order valence-electron chi connectivity index (χ1n) is 7.44. The van der Waals surface area contributed by atoms with Crippen LogP contribution in [0.1, 0.15) is 42.3 Å². The highest BCUT2D eigenvalue weighted by Crippen LogP contribution is 2.22. The van der Waals surface area contributed by atoms with E-state index in [1.54, 1.807) is 4.52 Å². The molecule has 3 rings (SSSR count). The third-order valence-electron chi connectivity index (χ3n) is 3.97. The van der Waals surface area contributed by atoms with Crippen LogP contribution in [-0.2, 0) is 0 Å². The summed E-state index contributed by atoms with van der Waals surface area (Å²) in [6, 6.07) is 1.93. The van der Waals surface area contributed by atoms with Gasteiger partial charge in [0.1, 0.15) is 0 Å². The van der Waals surface area contributed by atoms with E-state index < -0.39 is 0 Å². The van der Waals surface area contributed by atoms with E-state index in [1.165, 1.54) is 6.42 Å². The zero-order chi connectivity index (χ0) is 15.1. The second-order valence-electron chi connectivity index (χ2n) is 6.34. The Morgan fingerprint density at radius 1 is 1.19 bits per heavy atom. The molecule has 6 nitrogen and oxygen atoms in total. The standard InChI is InChI=1S/C15H21N5O/c1-9-5-10(2)8-19(7-9)14(21)13-17-15-16-11(3)6-12(4)20(15)18-13/h6,9-10H,5,7-8H2,1-4H3. The fraction of sp³-hybridized carbons (Fsp3) is 0.600. The van der Waals surface area contributed by atoms with Crippen LogP contribution in [-0.4, -0.2) is 43.5 Å². The summed E-state index contributed by atoms with van der Waals surface area (Å²) in [6.45, 7) is 9.78. The SMILES string of the molecule is Cc1cc(C)n2nc(C(=O)N3CC(C)CC(C)C3)nc2n1. The first-order chi connectivity index (χ1) is 9.94. The number of likely N-dealkylation sites (tertiary alicyclic amines) is 1. The predicted molar refractivity (Wildman–Crippen MR) is 79.1 cm³/mol. The molecule has 21 heavy (non-hydrogen) atoms. The van der Waals surface area contributed by atoms with Gasteiger partial charge in [0.15, 0.2) is 0 Å². The van der Waals surface area contributed by atoms with E-state index in [1.807, 2.05) is 24.8 Å². The van der Waals surface area contributed by atoms with Gasteiger partial charge in [0.2, 0.25) is 5.82 Å². The lowest BCUT2D eigenvalue weighted by Crippen LogP contribution is -2.43. The lowest BCUT2D eigenvalue weighted by atomic mass is 9.92. The molecular weight excluding hydrogens is 266 g/mol. The molecule has 2 atom stereocenters. The maximum absolute atomic E-state index is 12.6. The first kappa shape index (κ1) is 14.0. The Morgan fingerprint density at radius 3 is 2.52 bits per heavy atom. The van der Waals surface area contributed by atoms with Crippen LogP contribution in [0.3, 0.4) is 0 Å². The third-order valence-corrected chi connectivity index (χ3v) is 3.97. The number of hydrogen-bond donors (Lipinski definition) is 0.